The minimum Gasteiger partial charge on any atom is -0.508 e. The third-order valence-corrected chi connectivity index (χ3v) is 2.17. The van der Waals surface area contributed by atoms with Gasteiger partial charge in [0.05, 0.1) is 7.11 Å². The maximum Gasteiger partial charge on any atom is 0.122 e. The lowest BCUT2D eigenvalue weighted by molar-refractivity contribution is 0.406. The Morgan fingerprint density at radius 3 is 2.79 bits per heavy atom. The van der Waals surface area contributed by atoms with Gasteiger partial charge in [-0.1, -0.05) is 6.07 Å². The van der Waals surface area contributed by atoms with Crippen LogP contribution in [0, 0.1) is 0 Å². The van der Waals surface area contributed by atoms with Crippen molar-refractivity contribution in [1.82, 2.24) is 5.32 Å². The minimum absolute atomic E-state index is 0.320. The van der Waals surface area contributed by atoms with Crippen LogP contribution in [0.5, 0.6) is 11.5 Å². The van der Waals surface area contributed by atoms with Crippen molar-refractivity contribution in [3.63, 3.8) is 0 Å². The van der Waals surface area contributed by atoms with Crippen LogP contribution in [-0.2, 0) is 6.42 Å². The first kappa shape index (κ1) is 10.9. The number of rotatable bonds is 5. The van der Waals surface area contributed by atoms with Crippen LogP contribution in [0.3, 0.4) is 0 Å². The number of phenols is 1. The zero-order valence-corrected chi connectivity index (χ0v) is 8.71. The fourth-order valence-electron chi connectivity index (χ4n) is 1.34. The van der Waals surface area contributed by atoms with Crippen molar-refractivity contribution in [3.8, 4) is 11.5 Å². The molecule has 0 saturated heterocycles. The van der Waals surface area contributed by atoms with Crippen LogP contribution in [0.15, 0.2) is 18.2 Å². The van der Waals surface area contributed by atoms with E-state index >= 15 is 0 Å². The van der Waals surface area contributed by atoms with Gasteiger partial charge in [-0.05, 0) is 38.1 Å². The Bertz CT molecular complexity index is 287. The number of benzene rings is 1. The van der Waals surface area contributed by atoms with Crippen molar-refractivity contribution in [2.45, 2.75) is 12.8 Å². The van der Waals surface area contributed by atoms with Crippen molar-refractivity contribution in [2.75, 3.05) is 20.7 Å². The summed E-state index contributed by atoms with van der Waals surface area (Å²) < 4.78 is 5.00. The van der Waals surface area contributed by atoms with Crippen molar-refractivity contribution in [1.29, 1.82) is 0 Å². The summed E-state index contributed by atoms with van der Waals surface area (Å²) >= 11 is 0. The normalized spacial score (nSPS) is 10.1. The van der Waals surface area contributed by atoms with Gasteiger partial charge in [-0.25, -0.2) is 0 Å². The number of ether oxygens (including phenoxy) is 1. The van der Waals surface area contributed by atoms with Crippen molar-refractivity contribution in [3.05, 3.63) is 23.8 Å². The standard InChI is InChI=1S/C11H17NO2/c1-12-7-3-4-9-5-6-10(14-2)8-11(9)13/h5-6,8,12-13H,3-4,7H2,1-2H3. The first-order valence-corrected chi connectivity index (χ1v) is 4.78. The highest BCUT2D eigenvalue weighted by atomic mass is 16.5. The second kappa shape index (κ2) is 5.50. The molecule has 0 unspecified atom stereocenters. The predicted molar refractivity (Wildman–Crippen MR) is 56.9 cm³/mol. The fraction of sp³-hybridized carbons (Fsp3) is 0.455. The van der Waals surface area contributed by atoms with E-state index < -0.39 is 0 Å². The lowest BCUT2D eigenvalue weighted by Gasteiger charge is -2.06. The van der Waals surface area contributed by atoms with E-state index in [2.05, 4.69) is 5.32 Å². The molecule has 1 aromatic carbocycles. The molecule has 0 bridgehead atoms. The molecule has 1 rings (SSSR count). The summed E-state index contributed by atoms with van der Waals surface area (Å²) in [6, 6.07) is 5.42. The molecule has 0 aromatic heterocycles. The largest absolute Gasteiger partial charge is 0.508 e. The molecule has 14 heavy (non-hydrogen) atoms. The molecule has 0 saturated carbocycles. The summed E-state index contributed by atoms with van der Waals surface area (Å²) in [5, 5.41) is 12.7. The smallest absolute Gasteiger partial charge is 0.122 e. The molecule has 2 N–H and O–H groups in total. The number of hydrogen-bond acceptors (Lipinski definition) is 3. The van der Waals surface area contributed by atoms with E-state index in [1.807, 2.05) is 19.2 Å². The number of methoxy groups -OCH3 is 1. The average molecular weight is 195 g/mol. The van der Waals surface area contributed by atoms with E-state index in [9.17, 15) is 5.11 Å². The van der Waals surface area contributed by atoms with Gasteiger partial charge < -0.3 is 15.2 Å². The molecular weight excluding hydrogens is 178 g/mol. The summed E-state index contributed by atoms with van der Waals surface area (Å²) in [5.41, 5.74) is 0.973. The molecule has 3 nitrogen and oxygen atoms in total. The molecule has 1 aromatic rings. The number of phenolic OH excluding ortho intramolecular Hbond substituents is 1. The van der Waals surface area contributed by atoms with Gasteiger partial charge >= 0.3 is 0 Å². The predicted octanol–water partition coefficient (Wildman–Crippen LogP) is 1.55. The van der Waals surface area contributed by atoms with Crippen LogP contribution in [0.1, 0.15) is 12.0 Å². The highest BCUT2D eigenvalue weighted by molar-refractivity contribution is 5.39. The summed E-state index contributed by atoms with van der Waals surface area (Å²) in [6.07, 6.45) is 1.91. The third-order valence-electron chi connectivity index (χ3n) is 2.17. The Kier molecular flexibility index (Phi) is 4.26. The topological polar surface area (TPSA) is 41.5 Å². The molecule has 78 valence electrons. The maximum atomic E-state index is 9.62. The van der Waals surface area contributed by atoms with Crippen LogP contribution < -0.4 is 10.1 Å². The second-order valence-corrected chi connectivity index (χ2v) is 3.20. The van der Waals surface area contributed by atoms with E-state index in [0.717, 1.165) is 24.9 Å². The Balaban J connectivity index is 2.59. The van der Waals surface area contributed by atoms with E-state index in [1.165, 1.54) is 0 Å². The minimum atomic E-state index is 0.320. The van der Waals surface area contributed by atoms with Gasteiger partial charge in [0.15, 0.2) is 0 Å². The van der Waals surface area contributed by atoms with Gasteiger partial charge in [0, 0.05) is 6.07 Å². The summed E-state index contributed by atoms with van der Waals surface area (Å²) in [5.74, 6) is 1.01. The highest BCUT2D eigenvalue weighted by Crippen LogP contribution is 2.24. The number of aryl methyl sites for hydroxylation is 1. The molecule has 0 atom stereocenters. The molecule has 0 aliphatic heterocycles. The molecular formula is C11H17NO2. The molecule has 0 fully saturated rings. The molecule has 0 heterocycles. The Labute approximate surface area is 84.7 Å². The van der Waals surface area contributed by atoms with Gasteiger partial charge in [-0.3, -0.25) is 0 Å². The second-order valence-electron chi connectivity index (χ2n) is 3.20. The van der Waals surface area contributed by atoms with Crippen LogP contribution in [0.4, 0.5) is 0 Å². The van der Waals surface area contributed by atoms with E-state index in [1.54, 1.807) is 13.2 Å². The van der Waals surface area contributed by atoms with Gasteiger partial charge in [0.2, 0.25) is 0 Å². The first-order chi connectivity index (χ1) is 6.77. The Hall–Kier alpha value is -1.22. The van der Waals surface area contributed by atoms with Gasteiger partial charge in [0.1, 0.15) is 11.5 Å². The molecule has 0 spiro atoms. The maximum absolute atomic E-state index is 9.62. The third kappa shape index (κ3) is 2.92. The Morgan fingerprint density at radius 2 is 2.21 bits per heavy atom. The monoisotopic (exact) mass is 195 g/mol. The highest BCUT2D eigenvalue weighted by Gasteiger charge is 2.02. The van der Waals surface area contributed by atoms with Crippen LogP contribution in [-0.4, -0.2) is 25.8 Å². The zero-order chi connectivity index (χ0) is 10.4. The molecule has 0 amide bonds. The molecule has 0 aliphatic carbocycles. The summed E-state index contributed by atoms with van der Waals surface area (Å²) in [6.45, 7) is 0.964. The number of nitrogens with one attached hydrogen (secondary N) is 1. The lowest BCUT2D eigenvalue weighted by atomic mass is 10.1. The molecule has 0 aliphatic rings. The SMILES string of the molecule is CNCCCc1ccc(OC)cc1O. The van der Waals surface area contributed by atoms with Gasteiger partial charge in [-0.2, -0.15) is 0 Å². The average Bonchev–Trinajstić information content (AvgIpc) is 2.20. The van der Waals surface area contributed by atoms with E-state index in [-0.39, 0.29) is 0 Å². The van der Waals surface area contributed by atoms with Gasteiger partial charge in [-0.15, -0.1) is 0 Å². The van der Waals surface area contributed by atoms with Crippen LogP contribution >= 0.6 is 0 Å². The van der Waals surface area contributed by atoms with E-state index in [0.29, 0.717) is 11.5 Å². The number of hydrogen-bond donors (Lipinski definition) is 2. The zero-order valence-electron chi connectivity index (χ0n) is 8.71. The Morgan fingerprint density at radius 1 is 1.43 bits per heavy atom. The van der Waals surface area contributed by atoms with Crippen molar-refractivity contribution in [2.24, 2.45) is 0 Å². The first-order valence-electron chi connectivity index (χ1n) is 4.78. The van der Waals surface area contributed by atoms with Crippen LogP contribution in [0.2, 0.25) is 0 Å². The quantitative estimate of drug-likeness (QED) is 0.700. The van der Waals surface area contributed by atoms with Crippen LogP contribution in [0.25, 0.3) is 0 Å². The summed E-state index contributed by atoms with van der Waals surface area (Å²) in [7, 11) is 3.52. The molecule has 0 radical (unpaired) electrons. The molecule has 3 heteroatoms. The fourth-order valence-corrected chi connectivity index (χ4v) is 1.34. The van der Waals surface area contributed by atoms with Crippen molar-refractivity contribution >= 4 is 0 Å². The van der Waals surface area contributed by atoms with Gasteiger partial charge in [0.25, 0.3) is 0 Å². The number of aromatic hydroxyl groups is 1. The van der Waals surface area contributed by atoms with Crippen molar-refractivity contribution < 1.29 is 9.84 Å². The van der Waals surface area contributed by atoms with E-state index in [4.69, 9.17) is 4.74 Å². The lowest BCUT2D eigenvalue weighted by Crippen LogP contribution is -2.08. The summed E-state index contributed by atoms with van der Waals surface area (Å²) in [4.78, 5) is 0.